The van der Waals surface area contributed by atoms with E-state index in [1.54, 1.807) is 0 Å². The highest BCUT2D eigenvalue weighted by Gasteiger charge is 2.25. The highest BCUT2D eigenvalue weighted by atomic mass is 16.5. The lowest BCUT2D eigenvalue weighted by Crippen LogP contribution is -2.37. The van der Waals surface area contributed by atoms with Gasteiger partial charge in [-0.15, -0.1) is 0 Å². The fourth-order valence-corrected chi connectivity index (χ4v) is 3.31. The van der Waals surface area contributed by atoms with Crippen molar-refractivity contribution in [1.29, 1.82) is 0 Å². The molecule has 1 aliphatic heterocycles. The molecule has 0 saturated carbocycles. The van der Waals surface area contributed by atoms with E-state index >= 15 is 0 Å². The van der Waals surface area contributed by atoms with Crippen LogP contribution in [0.25, 0.3) is 0 Å². The van der Waals surface area contributed by atoms with Gasteiger partial charge < -0.3 is 10.1 Å². The average Bonchev–Trinajstić information content (AvgIpc) is 2.47. The van der Waals surface area contributed by atoms with Gasteiger partial charge in [0.05, 0.1) is 6.10 Å². The van der Waals surface area contributed by atoms with Crippen molar-refractivity contribution in [3.8, 4) is 0 Å². The molecule has 0 bridgehead atoms. The van der Waals surface area contributed by atoms with Gasteiger partial charge in [0.15, 0.2) is 0 Å². The first-order valence-corrected chi connectivity index (χ1v) is 9.56. The Morgan fingerprint density at radius 1 is 1.05 bits per heavy atom. The second-order valence-corrected chi connectivity index (χ2v) is 7.27. The molecule has 0 aliphatic carbocycles. The zero-order valence-corrected chi connectivity index (χ0v) is 14.8. The molecule has 1 heterocycles. The number of ether oxygens (including phenoxy) is 1. The average molecular weight is 298 g/mol. The van der Waals surface area contributed by atoms with Crippen LogP contribution in [0, 0.1) is 11.8 Å². The molecular formula is C19H39NO. The summed E-state index contributed by atoms with van der Waals surface area (Å²) in [4.78, 5) is 0. The Morgan fingerprint density at radius 3 is 2.48 bits per heavy atom. The maximum Gasteiger partial charge on any atom is 0.0615 e. The topological polar surface area (TPSA) is 21.3 Å². The third-order valence-corrected chi connectivity index (χ3v) is 4.63. The number of nitrogens with one attached hydrogen (secondary N) is 1. The molecule has 2 nitrogen and oxygen atoms in total. The van der Waals surface area contributed by atoms with Crippen molar-refractivity contribution in [2.45, 2.75) is 91.1 Å². The maximum absolute atomic E-state index is 6.05. The summed E-state index contributed by atoms with van der Waals surface area (Å²) in [5, 5.41) is 3.63. The Bertz CT molecular complexity index is 230. The van der Waals surface area contributed by atoms with Crippen molar-refractivity contribution < 1.29 is 4.74 Å². The van der Waals surface area contributed by atoms with Crippen LogP contribution in [0.1, 0.15) is 85.0 Å². The number of rotatable bonds is 12. The quantitative estimate of drug-likeness (QED) is 0.502. The highest BCUT2D eigenvalue weighted by Crippen LogP contribution is 2.25. The van der Waals surface area contributed by atoms with Crippen molar-refractivity contribution in [2.75, 3.05) is 19.7 Å². The Labute approximate surface area is 133 Å². The first-order chi connectivity index (χ1) is 10.2. The van der Waals surface area contributed by atoms with Gasteiger partial charge in [-0.2, -0.15) is 0 Å². The minimum atomic E-state index is 0.522. The van der Waals surface area contributed by atoms with Gasteiger partial charge >= 0.3 is 0 Å². The van der Waals surface area contributed by atoms with Crippen LogP contribution in [0.3, 0.4) is 0 Å². The summed E-state index contributed by atoms with van der Waals surface area (Å²) in [6.07, 6.45) is 14.2. The Hall–Kier alpha value is -0.0800. The van der Waals surface area contributed by atoms with E-state index in [4.69, 9.17) is 4.74 Å². The lowest BCUT2D eigenvalue weighted by atomic mass is 9.90. The minimum Gasteiger partial charge on any atom is -0.378 e. The molecule has 1 rings (SSSR count). The van der Waals surface area contributed by atoms with E-state index in [1.807, 2.05) is 0 Å². The molecule has 0 amide bonds. The lowest BCUT2D eigenvalue weighted by Gasteiger charge is -2.32. The van der Waals surface area contributed by atoms with Gasteiger partial charge in [0.1, 0.15) is 0 Å². The second-order valence-electron chi connectivity index (χ2n) is 7.27. The highest BCUT2D eigenvalue weighted by molar-refractivity contribution is 4.77. The Balaban J connectivity index is 2.09. The zero-order valence-electron chi connectivity index (χ0n) is 14.8. The summed E-state index contributed by atoms with van der Waals surface area (Å²) < 4.78 is 6.05. The molecule has 2 heteroatoms. The zero-order chi connectivity index (χ0) is 15.3. The molecule has 0 aromatic rings. The first kappa shape index (κ1) is 19.0. The van der Waals surface area contributed by atoms with E-state index in [-0.39, 0.29) is 0 Å². The van der Waals surface area contributed by atoms with Gasteiger partial charge in [0.2, 0.25) is 0 Å². The van der Waals surface area contributed by atoms with Crippen LogP contribution >= 0.6 is 0 Å². The molecule has 2 atom stereocenters. The largest absolute Gasteiger partial charge is 0.378 e. The van der Waals surface area contributed by atoms with E-state index in [0.717, 1.165) is 31.5 Å². The van der Waals surface area contributed by atoms with Gasteiger partial charge in [-0.1, -0.05) is 65.7 Å². The van der Waals surface area contributed by atoms with Gasteiger partial charge in [-0.3, -0.25) is 0 Å². The van der Waals surface area contributed by atoms with Crippen molar-refractivity contribution in [3.63, 3.8) is 0 Å². The number of hydrogen-bond acceptors (Lipinski definition) is 2. The van der Waals surface area contributed by atoms with Crippen LogP contribution in [0.5, 0.6) is 0 Å². The van der Waals surface area contributed by atoms with Crippen molar-refractivity contribution in [2.24, 2.45) is 11.8 Å². The molecule has 21 heavy (non-hydrogen) atoms. The number of hydrogen-bond donors (Lipinski definition) is 1. The van der Waals surface area contributed by atoms with Crippen LogP contribution < -0.4 is 5.32 Å². The summed E-state index contributed by atoms with van der Waals surface area (Å²) in [6.45, 7) is 10.1. The fourth-order valence-electron chi connectivity index (χ4n) is 3.31. The van der Waals surface area contributed by atoms with E-state index in [2.05, 4.69) is 26.1 Å². The SMILES string of the molecule is CCCCCCCCCC1OCCCC1CNCC(C)C. The van der Waals surface area contributed by atoms with Gasteiger partial charge in [0, 0.05) is 13.2 Å². The summed E-state index contributed by atoms with van der Waals surface area (Å²) >= 11 is 0. The lowest BCUT2D eigenvalue weighted by molar-refractivity contribution is -0.0314. The molecule has 2 unspecified atom stereocenters. The Morgan fingerprint density at radius 2 is 1.76 bits per heavy atom. The predicted molar refractivity (Wildman–Crippen MR) is 92.8 cm³/mol. The van der Waals surface area contributed by atoms with Crippen LogP contribution in [0.15, 0.2) is 0 Å². The van der Waals surface area contributed by atoms with Crippen molar-refractivity contribution >= 4 is 0 Å². The van der Waals surface area contributed by atoms with E-state index in [0.29, 0.717) is 6.10 Å². The maximum atomic E-state index is 6.05. The summed E-state index contributed by atoms with van der Waals surface area (Å²) in [6, 6.07) is 0. The van der Waals surface area contributed by atoms with Crippen LogP contribution in [-0.4, -0.2) is 25.8 Å². The fraction of sp³-hybridized carbons (Fsp3) is 1.00. The van der Waals surface area contributed by atoms with Crippen molar-refractivity contribution in [3.05, 3.63) is 0 Å². The molecule has 0 radical (unpaired) electrons. The Kier molecular flexibility index (Phi) is 11.3. The van der Waals surface area contributed by atoms with Gasteiger partial charge in [-0.25, -0.2) is 0 Å². The molecule has 126 valence electrons. The molecule has 1 saturated heterocycles. The van der Waals surface area contributed by atoms with E-state index in [9.17, 15) is 0 Å². The van der Waals surface area contributed by atoms with Gasteiger partial charge in [0.25, 0.3) is 0 Å². The minimum absolute atomic E-state index is 0.522. The third kappa shape index (κ3) is 9.52. The van der Waals surface area contributed by atoms with E-state index in [1.165, 1.54) is 64.2 Å². The van der Waals surface area contributed by atoms with Crippen LogP contribution in [0.4, 0.5) is 0 Å². The van der Waals surface area contributed by atoms with Crippen LogP contribution in [0.2, 0.25) is 0 Å². The summed E-state index contributed by atoms with van der Waals surface area (Å²) in [7, 11) is 0. The van der Waals surface area contributed by atoms with E-state index < -0.39 is 0 Å². The molecule has 1 N–H and O–H groups in total. The second kappa shape index (κ2) is 12.5. The molecule has 0 aromatic carbocycles. The third-order valence-electron chi connectivity index (χ3n) is 4.63. The molecule has 0 spiro atoms. The van der Waals surface area contributed by atoms with Crippen molar-refractivity contribution in [1.82, 2.24) is 5.32 Å². The first-order valence-electron chi connectivity index (χ1n) is 9.56. The molecular weight excluding hydrogens is 258 g/mol. The number of unbranched alkanes of at least 4 members (excludes halogenated alkanes) is 6. The normalized spacial score (nSPS) is 22.9. The molecule has 0 aromatic heterocycles. The molecule has 1 fully saturated rings. The monoisotopic (exact) mass is 297 g/mol. The standard InChI is InChI=1S/C19H39NO/c1-4-5-6-7-8-9-10-13-19-18(12-11-14-21-19)16-20-15-17(2)3/h17-20H,4-16H2,1-3H3. The predicted octanol–water partition coefficient (Wildman–Crippen LogP) is 5.17. The van der Waals surface area contributed by atoms with Gasteiger partial charge in [-0.05, 0) is 37.6 Å². The smallest absolute Gasteiger partial charge is 0.0615 e. The summed E-state index contributed by atoms with van der Waals surface area (Å²) in [5.41, 5.74) is 0. The summed E-state index contributed by atoms with van der Waals surface area (Å²) in [5.74, 6) is 1.49. The van der Waals surface area contributed by atoms with Crippen LogP contribution in [-0.2, 0) is 4.74 Å². The molecule has 1 aliphatic rings.